The Morgan fingerprint density at radius 1 is 1.34 bits per heavy atom. The minimum atomic E-state index is -0.759. The molecule has 0 radical (unpaired) electrons. The fourth-order valence-electron chi connectivity index (χ4n) is 4.35. The van der Waals surface area contributed by atoms with Crippen LogP contribution in [0.15, 0.2) is 18.2 Å². The summed E-state index contributed by atoms with van der Waals surface area (Å²) < 4.78 is 0. The van der Waals surface area contributed by atoms with E-state index >= 15 is 0 Å². The van der Waals surface area contributed by atoms with Crippen molar-refractivity contribution < 1.29 is 14.8 Å². The fraction of sp³-hybridized carbons (Fsp3) is 0.476. The summed E-state index contributed by atoms with van der Waals surface area (Å²) in [4.78, 5) is 25.1. The van der Waals surface area contributed by atoms with Crippen LogP contribution in [0.5, 0.6) is 5.75 Å². The number of nitrogens with one attached hydrogen (secondary N) is 2. The summed E-state index contributed by atoms with van der Waals surface area (Å²) in [6.07, 6.45) is 3.25. The van der Waals surface area contributed by atoms with E-state index < -0.39 is 11.1 Å². The molecule has 4 rings (SSSR count). The van der Waals surface area contributed by atoms with Gasteiger partial charge in [-0.1, -0.05) is 27.2 Å². The maximum atomic E-state index is 12.9. The molecular weight excluding hydrogens is 390 g/mol. The van der Waals surface area contributed by atoms with Gasteiger partial charge in [-0.05, 0) is 48.3 Å². The number of thiophene rings is 1. The van der Waals surface area contributed by atoms with Crippen LogP contribution in [0.25, 0.3) is 0 Å². The molecule has 0 bridgehead atoms. The molecule has 0 spiro atoms. The maximum absolute atomic E-state index is 12.9. The number of nitro benzene ring substituents is 1. The lowest BCUT2D eigenvalue weighted by molar-refractivity contribution is -0.385. The number of hydrogen-bond donors (Lipinski definition) is 3. The van der Waals surface area contributed by atoms with Crippen LogP contribution in [0.1, 0.15) is 66.1 Å². The van der Waals surface area contributed by atoms with Crippen molar-refractivity contribution >= 4 is 27.9 Å². The van der Waals surface area contributed by atoms with Gasteiger partial charge in [0.1, 0.15) is 16.9 Å². The van der Waals surface area contributed by atoms with Crippen molar-refractivity contribution in [3.63, 3.8) is 0 Å². The van der Waals surface area contributed by atoms with Crippen LogP contribution in [-0.2, 0) is 12.8 Å². The topological polar surface area (TPSA) is 104 Å². The molecule has 0 saturated carbocycles. The molecule has 7 nitrogen and oxygen atoms in total. The molecule has 2 heterocycles. The first-order valence-corrected chi connectivity index (χ1v) is 10.7. The first kappa shape index (κ1) is 19.7. The Hall–Kier alpha value is -2.61. The van der Waals surface area contributed by atoms with Gasteiger partial charge in [-0.25, -0.2) is 0 Å². The average molecular weight is 416 g/mol. The van der Waals surface area contributed by atoms with Crippen molar-refractivity contribution in [3.8, 4) is 5.75 Å². The Kier molecular flexibility index (Phi) is 4.77. The Balaban J connectivity index is 1.68. The molecule has 8 heteroatoms. The number of aromatic hydroxyl groups is 1. The van der Waals surface area contributed by atoms with Gasteiger partial charge < -0.3 is 15.7 Å². The summed E-state index contributed by atoms with van der Waals surface area (Å²) in [6, 6.07) is 3.86. The lowest BCUT2D eigenvalue weighted by Gasteiger charge is -2.36. The van der Waals surface area contributed by atoms with Gasteiger partial charge in [0.2, 0.25) is 0 Å². The highest BCUT2D eigenvalue weighted by atomic mass is 32.1. The van der Waals surface area contributed by atoms with Gasteiger partial charge in [0.25, 0.3) is 11.6 Å². The molecule has 2 atom stereocenters. The van der Waals surface area contributed by atoms with E-state index in [9.17, 15) is 20.0 Å². The van der Waals surface area contributed by atoms with Crippen molar-refractivity contribution in [2.75, 3.05) is 5.32 Å². The zero-order valence-corrected chi connectivity index (χ0v) is 17.6. The number of hydrogen-bond acceptors (Lipinski definition) is 6. The van der Waals surface area contributed by atoms with Crippen molar-refractivity contribution in [1.29, 1.82) is 0 Å². The second-order valence-corrected chi connectivity index (χ2v) is 9.65. The summed E-state index contributed by atoms with van der Waals surface area (Å²) >= 11 is 1.58. The zero-order valence-electron chi connectivity index (χ0n) is 16.7. The number of phenolic OH excluding ortho intramolecular Hbond substituents is 1. The Bertz CT molecular complexity index is 998. The fourth-order valence-corrected chi connectivity index (χ4v) is 5.70. The number of nitro groups is 1. The number of anilines is 1. The quantitative estimate of drug-likeness (QED) is 0.493. The van der Waals surface area contributed by atoms with E-state index in [1.165, 1.54) is 23.1 Å². The monoisotopic (exact) mass is 415 g/mol. The molecule has 1 aliphatic carbocycles. The van der Waals surface area contributed by atoms with Crippen molar-refractivity contribution in [3.05, 3.63) is 49.9 Å². The average Bonchev–Trinajstić information content (AvgIpc) is 3.05. The number of phenols is 1. The number of amides is 1. The normalized spacial score (nSPS) is 21.0. The largest absolute Gasteiger partial charge is 0.508 e. The summed E-state index contributed by atoms with van der Waals surface area (Å²) in [6.45, 7) is 6.83. The third-order valence-electron chi connectivity index (χ3n) is 6.58. The second-order valence-electron chi connectivity index (χ2n) is 8.54. The number of fused-ring (bicyclic) bond motifs is 3. The van der Waals surface area contributed by atoms with Gasteiger partial charge >= 0.3 is 0 Å². The highest BCUT2D eigenvalue weighted by Crippen LogP contribution is 2.47. The molecule has 0 saturated heterocycles. The molecule has 1 aliphatic heterocycles. The molecule has 2 aliphatic rings. The number of benzene rings is 1. The molecule has 29 heavy (non-hydrogen) atoms. The summed E-state index contributed by atoms with van der Waals surface area (Å²) in [5.74, 6) is 0.278. The van der Waals surface area contributed by atoms with E-state index in [1.807, 2.05) is 0 Å². The first-order chi connectivity index (χ1) is 13.7. The van der Waals surface area contributed by atoms with Crippen molar-refractivity contribution in [2.24, 2.45) is 11.3 Å². The standard InChI is InChI=1S/C21H25N3O4S/c1-4-21(2,3)11-5-7-13-16(9-11)29-20-17(13)19(26)22-18(23-20)14-10-12(25)6-8-15(14)24(27)28/h6,8,10-11,18,23,25H,4-5,7,9H2,1-3H3,(H,22,26). The predicted molar refractivity (Wildman–Crippen MR) is 112 cm³/mol. The van der Waals surface area contributed by atoms with Crippen molar-refractivity contribution in [1.82, 2.24) is 5.32 Å². The summed E-state index contributed by atoms with van der Waals surface area (Å²) in [7, 11) is 0. The van der Waals surface area contributed by atoms with Gasteiger partial charge in [0.15, 0.2) is 0 Å². The maximum Gasteiger partial charge on any atom is 0.276 e. The van der Waals surface area contributed by atoms with Gasteiger partial charge in [-0.3, -0.25) is 14.9 Å². The van der Waals surface area contributed by atoms with E-state index in [1.54, 1.807) is 11.3 Å². The SMILES string of the molecule is CCC(C)(C)C1CCc2c(sc3c2C(=O)NC(c2cc(O)ccc2[N+](=O)[O-])N3)C1. The second kappa shape index (κ2) is 7.02. The van der Waals surface area contributed by atoms with Crippen LogP contribution in [0.2, 0.25) is 0 Å². The smallest absolute Gasteiger partial charge is 0.276 e. The number of carbonyl (C=O) groups is 1. The third kappa shape index (κ3) is 3.35. The first-order valence-electron chi connectivity index (χ1n) is 9.90. The van der Waals surface area contributed by atoms with Gasteiger partial charge in [0.05, 0.1) is 16.1 Å². The van der Waals surface area contributed by atoms with E-state index in [4.69, 9.17) is 0 Å². The molecule has 1 amide bonds. The minimum absolute atomic E-state index is 0.0810. The molecular formula is C21H25N3O4S. The van der Waals surface area contributed by atoms with Crippen molar-refractivity contribution in [2.45, 2.75) is 52.6 Å². The molecule has 2 aromatic rings. The van der Waals surface area contributed by atoms with E-state index in [2.05, 4.69) is 31.4 Å². The Labute approximate surface area is 173 Å². The highest BCUT2D eigenvalue weighted by molar-refractivity contribution is 7.16. The van der Waals surface area contributed by atoms with Gasteiger partial charge in [-0.2, -0.15) is 0 Å². The van der Waals surface area contributed by atoms with Crippen LogP contribution < -0.4 is 10.6 Å². The van der Waals surface area contributed by atoms with Crippen LogP contribution in [0.3, 0.4) is 0 Å². The Morgan fingerprint density at radius 2 is 2.10 bits per heavy atom. The van der Waals surface area contributed by atoms with Gasteiger partial charge in [-0.15, -0.1) is 11.3 Å². The molecule has 1 aromatic heterocycles. The lowest BCUT2D eigenvalue weighted by Crippen LogP contribution is -2.38. The summed E-state index contributed by atoms with van der Waals surface area (Å²) in [5, 5.41) is 28.1. The number of rotatable bonds is 4. The highest BCUT2D eigenvalue weighted by Gasteiger charge is 2.38. The molecule has 2 unspecified atom stereocenters. The Morgan fingerprint density at radius 3 is 2.79 bits per heavy atom. The molecule has 0 fully saturated rings. The number of nitrogens with zero attached hydrogens (tertiary/aromatic N) is 1. The minimum Gasteiger partial charge on any atom is -0.508 e. The third-order valence-corrected chi connectivity index (χ3v) is 7.76. The van der Waals surface area contributed by atoms with Crippen LogP contribution in [0.4, 0.5) is 10.7 Å². The van der Waals surface area contributed by atoms with Crippen LogP contribution in [0, 0.1) is 21.4 Å². The molecule has 1 aromatic carbocycles. The van der Waals surface area contributed by atoms with E-state index in [0.29, 0.717) is 11.5 Å². The van der Waals surface area contributed by atoms with Gasteiger partial charge in [0, 0.05) is 10.9 Å². The number of carbonyl (C=O) groups excluding carboxylic acids is 1. The lowest BCUT2D eigenvalue weighted by atomic mass is 9.69. The van der Waals surface area contributed by atoms with E-state index in [0.717, 1.165) is 36.2 Å². The molecule has 154 valence electrons. The molecule has 3 N–H and O–H groups in total. The summed E-state index contributed by atoms with van der Waals surface area (Å²) in [5.41, 5.74) is 2.14. The van der Waals surface area contributed by atoms with E-state index in [-0.39, 0.29) is 28.3 Å². The zero-order chi connectivity index (χ0) is 20.9. The predicted octanol–water partition coefficient (Wildman–Crippen LogP) is 4.76. The van der Waals surface area contributed by atoms with Crippen LogP contribution in [-0.4, -0.2) is 15.9 Å². The van der Waals surface area contributed by atoms with Crippen LogP contribution >= 0.6 is 11.3 Å².